The van der Waals surface area contributed by atoms with Gasteiger partial charge in [0, 0.05) is 5.38 Å². The van der Waals surface area contributed by atoms with E-state index < -0.39 is 5.97 Å². The van der Waals surface area contributed by atoms with Gasteiger partial charge < -0.3 is 10.1 Å². The van der Waals surface area contributed by atoms with Crippen molar-refractivity contribution in [1.82, 2.24) is 4.98 Å². The fourth-order valence-corrected chi connectivity index (χ4v) is 2.57. The Hall–Kier alpha value is -2.21. The summed E-state index contributed by atoms with van der Waals surface area (Å²) >= 11 is 1.20. The largest absolute Gasteiger partial charge is 0.461 e. The number of thiazole rings is 1. The smallest absolute Gasteiger partial charge is 0.357 e. The average Bonchev–Trinajstić information content (AvgIpc) is 2.96. The van der Waals surface area contributed by atoms with Crippen LogP contribution in [0.15, 0.2) is 29.6 Å². The van der Waals surface area contributed by atoms with E-state index in [1.54, 1.807) is 12.3 Å². The van der Waals surface area contributed by atoms with E-state index in [9.17, 15) is 9.59 Å². The predicted molar refractivity (Wildman–Crippen MR) is 86.2 cm³/mol. The molecular weight excluding hydrogens is 300 g/mol. The van der Waals surface area contributed by atoms with Gasteiger partial charge in [-0.1, -0.05) is 31.2 Å². The molecule has 0 spiro atoms. The SMILES string of the molecule is CCOC(=O)c1csc(NC(=O)Cc2ccc(CC)cc2)n1. The van der Waals surface area contributed by atoms with Gasteiger partial charge in [-0.3, -0.25) is 4.79 Å². The summed E-state index contributed by atoms with van der Waals surface area (Å²) in [5.41, 5.74) is 2.40. The van der Waals surface area contributed by atoms with Gasteiger partial charge in [-0.2, -0.15) is 0 Å². The third kappa shape index (κ3) is 4.39. The molecule has 0 radical (unpaired) electrons. The van der Waals surface area contributed by atoms with Crippen LogP contribution in [-0.4, -0.2) is 23.5 Å². The highest BCUT2D eigenvalue weighted by molar-refractivity contribution is 7.14. The van der Waals surface area contributed by atoms with Crippen LogP contribution in [-0.2, 0) is 22.4 Å². The zero-order valence-corrected chi connectivity index (χ0v) is 13.4. The third-order valence-electron chi connectivity index (χ3n) is 3.03. The first-order chi connectivity index (χ1) is 10.6. The van der Waals surface area contributed by atoms with E-state index in [0.29, 0.717) is 11.7 Å². The molecule has 0 aliphatic heterocycles. The lowest BCUT2D eigenvalue weighted by Gasteiger charge is -2.03. The molecule has 1 N–H and O–H groups in total. The molecule has 1 aromatic heterocycles. The molecule has 0 bridgehead atoms. The summed E-state index contributed by atoms with van der Waals surface area (Å²) in [6.07, 6.45) is 1.25. The van der Waals surface area contributed by atoms with Crippen molar-refractivity contribution in [2.75, 3.05) is 11.9 Å². The number of carbonyl (C=O) groups excluding carboxylic acids is 2. The van der Waals surface area contributed by atoms with Gasteiger partial charge in [-0.05, 0) is 24.5 Å². The Morgan fingerprint density at radius 1 is 1.18 bits per heavy atom. The third-order valence-corrected chi connectivity index (χ3v) is 3.79. The summed E-state index contributed by atoms with van der Waals surface area (Å²) < 4.78 is 4.86. The Balaban J connectivity index is 1.92. The summed E-state index contributed by atoms with van der Waals surface area (Å²) in [4.78, 5) is 27.5. The van der Waals surface area contributed by atoms with E-state index in [1.165, 1.54) is 16.9 Å². The van der Waals surface area contributed by atoms with Crippen LogP contribution in [0.3, 0.4) is 0 Å². The van der Waals surface area contributed by atoms with Crippen molar-refractivity contribution in [2.24, 2.45) is 0 Å². The lowest BCUT2D eigenvalue weighted by Crippen LogP contribution is -2.14. The number of hydrogen-bond donors (Lipinski definition) is 1. The van der Waals surface area contributed by atoms with Crippen LogP contribution in [0, 0.1) is 0 Å². The number of esters is 1. The molecule has 0 saturated heterocycles. The normalized spacial score (nSPS) is 10.3. The van der Waals surface area contributed by atoms with Gasteiger partial charge in [0.2, 0.25) is 5.91 Å². The second-order valence-electron chi connectivity index (χ2n) is 4.65. The molecule has 0 fully saturated rings. The molecule has 0 aliphatic carbocycles. The van der Waals surface area contributed by atoms with Crippen LogP contribution < -0.4 is 5.32 Å². The summed E-state index contributed by atoms with van der Waals surface area (Å²) in [5, 5.41) is 4.67. The summed E-state index contributed by atoms with van der Waals surface area (Å²) in [7, 11) is 0. The topological polar surface area (TPSA) is 68.3 Å². The molecular formula is C16H18N2O3S. The van der Waals surface area contributed by atoms with E-state index >= 15 is 0 Å². The van der Waals surface area contributed by atoms with Gasteiger partial charge >= 0.3 is 5.97 Å². The number of amides is 1. The van der Waals surface area contributed by atoms with Crippen LogP contribution in [0.25, 0.3) is 0 Å². The lowest BCUT2D eigenvalue weighted by molar-refractivity contribution is -0.115. The minimum atomic E-state index is -0.477. The van der Waals surface area contributed by atoms with Gasteiger partial charge in [0.25, 0.3) is 0 Å². The van der Waals surface area contributed by atoms with E-state index in [4.69, 9.17) is 4.74 Å². The van der Waals surface area contributed by atoms with E-state index in [-0.39, 0.29) is 18.0 Å². The fourth-order valence-electron chi connectivity index (χ4n) is 1.87. The number of carbonyl (C=O) groups is 2. The predicted octanol–water partition coefficient (Wildman–Crippen LogP) is 3.06. The number of nitrogens with zero attached hydrogens (tertiary/aromatic N) is 1. The standard InChI is InChI=1S/C16H18N2O3S/c1-3-11-5-7-12(8-6-11)9-14(19)18-16-17-13(10-22-16)15(20)21-4-2/h5-8,10H,3-4,9H2,1-2H3,(H,17,18,19). The molecule has 0 atom stereocenters. The monoisotopic (exact) mass is 318 g/mol. The molecule has 0 saturated carbocycles. The van der Waals surface area contributed by atoms with Gasteiger partial charge in [-0.15, -0.1) is 11.3 Å². The molecule has 1 amide bonds. The summed E-state index contributed by atoms with van der Waals surface area (Å²) in [5.74, 6) is -0.636. The molecule has 2 rings (SSSR count). The van der Waals surface area contributed by atoms with Crippen molar-refractivity contribution in [3.8, 4) is 0 Å². The summed E-state index contributed by atoms with van der Waals surface area (Å²) in [6.45, 7) is 4.12. The summed E-state index contributed by atoms with van der Waals surface area (Å²) in [6, 6.07) is 7.93. The van der Waals surface area contributed by atoms with E-state index in [1.807, 2.05) is 24.3 Å². The fraction of sp³-hybridized carbons (Fsp3) is 0.312. The molecule has 116 valence electrons. The zero-order chi connectivity index (χ0) is 15.9. The maximum Gasteiger partial charge on any atom is 0.357 e. The Morgan fingerprint density at radius 3 is 2.50 bits per heavy atom. The Labute approximate surface area is 133 Å². The van der Waals surface area contributed by atoms with Crippen LogP contribution in [0.5, 0.6) is 0 Å². The quantitative estimate of drug-likeness (QED) is 0.831. The molecule has 0 unspecified atom stereocenters. The molecule has 5 nitrogen and oxygen atoms in total. The first kappa shape index (κ1) is 16.2. The van der Waals surface area contributed by atoms with Crippen molar-refractivity contribution >= 4 is 28.3 Å². The van der Waals surface area contributed by atoms with Crippen molar-refractivity contribution in [3.05, 3.63) is 46.5 Å². The second kappa shape index (κ2) is 7.70. The highest BCUT2D eigenvalue weighted by atomic mass is 32.1. The maximum atomic E-state index is 12.0. The van der Waals surface area contributed by atoms with Crippen molar-refractivity contribution < 1.29 is 14.3 Å². The highest BCUT2D eigenvalue weighted by Crippen LogP contribution is 2.16. The molecule has 1 aromatic carbocycles. The minimum Gasteiger partial charge on any atom is -0.461 e. The Morgan fingerprint density at radius 2 is 1.86 bits per heavy atom. The van der Waals surface area contributed by atoms with Crippen molar-refractivity contribution in [1.29, 1.82) is 0 Å². The van der Waals surface area contributed by atoms with Gasteiger partial charge in [0.15, 0.2) is 10.8 Å². The Kier molecular flexibility index (Phi) is 5.66. The zero-order valence-electron chi connectivity index (χ0n) is 12.6. The van der Waals surface area contributed by atoms with E-state index in [2.05, 4.69) is 17.2 Å². The van der Waals surface area contributed by atoms with Crippen molar-refractivity contribution in [3.63, 3.8) is 0 Å². The average molecular weight is 318 g/mol. The molecule has 22 heavy (non-hydrogen) atoms. The lowest BCUT2D eigenvalue weighted by atomic mass is 10.1. The van der Waals surface area contributed by atoms with Gasteiger partial charge in [0.1, 0.15) is 0 Å². The van der Waals surface area contributed by atoms with Crippen LogP contribution in [0.2, 0.25) is 0 Å². The van der Waals surface area contributed by atoms with Crippen LogP contribution in [0.1, 0.15) is 35.5 Å². The molecule has 0 aliphatic rings. The number of hydrogen-bond acceptors (Lipinski definition) is 5. The van der Waals surface area contributed by atoms with Crippen LogP contribution in [0.4, 0.5) is 5.13 Å². The molecule has 1 heterocycles. The molecule has 2 aromatic rings. The number of nitrogens with one attached hydrogen (secondary N) is 1. The maximum absolute atomic E-state index is 12.0. The molecule has 6 heteroatoms. The van der Waals surface area contributed by atoms with Crippen LogP contribution >= 0.6 is 11.3 Å². The van der Waals surface area contributed by atoms with Gasteiger partial charge in [0.05, 0.1) is 13.0 Å². The number of ether oxygens (including phenoxy) is 1. The number of aromatic nitrogens is 1. The van der Waals surface area contributed by atoms with Crippen molar-refractivity contribution in [2.45, 2.75) is 26.7 Å². The highest BCUT2D eigenvalue weighted by Gasteiger charge is 2.13. The number of anilines is 1. The minimum absolute atomic E-state index is 0.158. The first-order valence-corrected chi connectivity index (χ1v) is 8.00. The second-order valence-corrected chi connectivity index (χ2v) is 5.51. The number of aryl methyl sites for hydroxylation is 1. The number of rotatable bonds is 6. The Bertz CT molecular complexity index is 650. The number of benzene rings is 1. The van der Waals surface area contributed by atoms with E-state index in [0.717, 1.165) is 12.0 Å². The first-order valence-electron chi connectivity index (χ1n) is 7.12. The van der Waals surface area contributed by atoms with Gasteiger partial charge in [-0.25, -0.2) is 9.78 Å².